The van der Waals surface area contributed by atoms with Crippen LogP contribution in [-0.4, -0.2) is 37.9 Å². The van der Waals surface area contributed by atoms with Crippen molar-refractivity contribution in [3.63, 3.8) is 0 Å². The molecule has 0 aliphatic rings. The van der Waals surface area contributed by atoms with Crippen molar-refractivity contribution in [3.8, 4) is 16.9 Å². The molecule has 3 heterocycles. The van der Waals surface area contributed by atoms with E-state index in [-0.39, 0.29) is 6.04 Å². The van der Waals surface area contributed by atoms with E-state index in [0.717, 1.165) is 51.7 Å². The second-order valence-electron chi connectivity index (χ2n) is 7.85. The predicted molar refractivity (Wildman–Crippen MR) is 120 cm³/mol. The zero-order valence-electron chi connectivity index (χ0n) is 18.9. The van der Waals surface area contributed by atoms with Gasteiger partial charge in [-0.2, -0.15) is 14.6 Å². The Kier molecular flexibility index (Phi) is 5.63. The van der Waals surface area contributed by atoms with Gasteiger partial charge in [-0.25, -0.2) is 4.98 Å². The lowest BCUT2D eigenvalue weighted by atomic mass is 10.0. The fourth-order valence-corrected chi connectivity index (χ4v) is 3.85. The summed E-state index contributed by atoms with van der Waals surface area (Å²) in [4.78, 5) is 9.16. The Balaban J connectivity index is 1.75. The van der Waals surface area contributed by atoms with Crippen LogP contribution in [0.2, 0.25) is 0 Å². The fourth-order valence-electron chi connectivity index (χ4n) is 3.85. The quantitative estimate of drug-likeness (QED) is 0.472. The highest BCUT2D eigenvalue weighted by molar-refractivity contribution is 5.83. The molecule has 3 aromatic heterocycles. The first kappa shape index (κ1) is 20.8. The summed E-state index contributed by atoms with van der Waals surface area (Å²) >= 11 is 0. The first-order valence-electron chi connectivity index (χ1n) is 10.5. The van der Waals surface area contributed by atoms with Gasteiger partial charge in [-0.05, 0) is 57.4 Å². The minimum absolute atomic E-state index is 0.125. The molecule has 1 aromatic carbocycles. The molecule has 0 saturated heterocycles. The Labute approximate surface area is 181 Å². The van der Waals surface area contributed by atoms with Crippen LogP contribution in [0.4, 0.5) is 5.82 Å². The summed E-state index contributed by atoms with van der Waals surface area (Å²) in [6.45, 7) is 10.1. The van der Waals surface area contributed by atoms with E-state index in [0.29, 0.717) is 18.1 Å². The molecule has 1 N–H and O–H groups in total. The van der Waals surface area contributed by atoms with Gasteiger partial charge in [0, 0.05) is 29.8 Å². The molecule has 0 saturated carbocycles. The van der Waals surface area contributed by atoms with Gasteiger partial charge in [0.25, 0.3) is 0 Å². The van der Waals surface area contributed by atoms with E-state index >= 15 is 0 Å². The van der Waals surface area contributed by atoms with E-state index in [2.05, 4.69) is 35.4 Å². The van der Waals surface area contributed by atoms with Gasteiger partial charge in [-0.15, -0.1) is 0 Å². The number of aromatic nitrogens is 5. The third kappa shape index (κ3) is 4.10. The number of aryl methyl sites for hydroxylation is 4. The summed E-state index contributed by atoms with van der Waals surface area (Å²) in [7, 11) is 1.68. The first-order chi connectivity index (χ1) is 14.9. The Morgan fingerprint density at radius 2 is 1.94 bits per heavy atom. The summed E-state index contributed by atoms with van der Waals surface area (Å²) in [6.07, 6.45) is 1.54. The van der Waals surface area contributed by atoms with E-state index in [1.54, 1.807) is 7.11 Å². The SMILES string of the molecule is CCC(Cc1nc(C)no1)Nc1cc(C)nc2c(-c3ccc(OC)cc3C)c(C)nn12. The van der Waals surface area contributed by atoms with E-state index in [1.165, 1.54) is 0 Å². The molecule has 0 aliphatic heterocycles. The summed E-state index contributed by atoms with van der Waals surface area (Å²) in [5.41, 5.74) is 5.93. The number of hydrogen-bond acceptors (Lipinski definition) is 7. The average Bonchev–Trinajstić information content (AvgIpc) is 3.29. The topological polar surface area (TPSA) is 90.4 Å². The minimum atomic E-state index is 0.125. The molecule has 0 bridgehead atoms. The Bertz CT molecular complexity index is 1230. The van der Waals surface area contributed by atoms with Crippen molar-refractivity contribution in [1.29, 1.82) is 0 Å². The van der Waals surface area contributed by atoms with Crippen LogP contribution in [0.3, 0.4) is 0 Å². The number of fused-ring (bicyclic) bond motifs is 1. The summed E-state index contributed by atoms with van der Waals surface area (Å²) in [5, 5.41) is 12.3. The number of hydrogen-bond donors (Lipinski definition) is 1. The molecule has 8 nitrogen and oxygen atoms in total. The number of benzene rings is 1. The van der Waals surface area contributed by atoms with Crippen LogP contribution in [0.15, 0.2) is 28.8 Å². The molecule has 1 unspecified atom stereocenters. The van der Waals surface area contributed by atoms with Crippen LogP contribution in [-0.2, 0) is 6.42 Å². The zero-order chi connectivity index (χ0) is 22.1. The lowest BCUT2D eigenvalue weighted by Gasteiger charge is -2.17. The predicted octanol–water partition coefficient (Wildman–Crippen LogP) is 4.45. The number of nitrogens with zero attached hydrogens (tertiary/aromatic N) is 5. The van der Waals surface area contributed by atoms with Gasteiger partial charge >= 0.3 is 0 Å². The average molecular weight is 421 g/mol. The van der Waals surface area contributed by atoms with Crippen LogP contribution < -0.4 is 10.1 Å². The first-order valence-corrected chi connectivity index (χ1v) is 10.5. The number of ether oxygens (including phenoxy) is 1. The summed E-state index contributed by atoms with van der Waals surface area (Å²) < 4.78 is 12.6. The largest absolute Gasteiger partial charge is 0.497 e. The zero-order valence-corrected chi connectivity index (χ0v) is 18.9. The third-order valence-electron chi connectivity index (χ3n) is 5.43. The standard InChI is InChI=1S/C23H28N6O2/c1-7-17(12-21-25-16(5)28-31-21)26-20-11-14(3)24-23-22(15(4)27-29(20)23)19-9-8-18(30-6)10-13(19)2/h8-11,17,26H,7,12H2,1-6H3. The van der Waals surface area contributed by atoms with Crippen LogP contribution in [0.5, 0.6) is 5.75 Å². The molecule has 31 heavy (non-hydrogen) atoms. The maximum absolute atomic E-state index is 5.37. The third-order valence-corrected chi connectivity index (χ3v) is 5.43. The number of methoxy groups -OCH3 is 1. The second kappa shape index (κ2) is 8.37. The maximum atomic E-state index is 5.37. The number of anilines is 1. The van der Waals surface area contributed by atoms with Crippen molar-refractivity contribution in [1.82, 2.24) is 24.7 Å². The van der Waals surface area contributed by atoms with Crippen LogP contribution in [0.1, 0.15) is 42.0 Å². The minimum Gasteiger partial charge on any atom is -0.497 e. The van der Waals surface area contributed by atoms with Crippen molar-refractivity contribution < 1.29 is 9.26 Å². The van der Waals surface area contributed by atoms with E-state index < -0.39 is 0 Å². The van der Waals surface area contributed by atoms with E-state index in [9.17, 15) is 0 Å². The molecule has 0 spiro atoms. The van der Waals surface area contributed by atoms with Crippen molar-refractivity contribution in [2.75, 3.05) is 12.4 Å². The number of nitrogens with one attached hydrogen (secondary N) is 1. The van der Waals surface area contributed by atoms with Gasteiger partial charge in [0.05, 0.1) is 12.8 Å². The Morgan fingerprint density at radius 3 is 2.58 bits per heavy atom. The molecule has 0 amide bonds. The highest BCUT2D eigenvalue weighted by atomic mass is 16.5. The highest BCUT2D eigenvalue weighted by Crippen LogP contribution is 2.33. The van der Waals surface area contributed by atoms with Gasteiger partial charge in [0.2, 0.25) is 5.89 Å². The van der Waals surface area contributed by atoms with Gasteiger partial charge < -0.3 is 14.6 Å². The molecule has 4 rings (SSSR count). The van der Waals surface area contributed by atoms with Gasteiger partial charge in [0.1, 0.15) is 11.6 Å². The molecular formula is C23H28N6O2. The highest BCUT2D eigenvalue weighted by Gasteiger charge is 2.20. The van der Waals surface area contributed by atoms with Crippen molar-refractivity contribution in [2.45, 2.75) is 53.5 Å². The molecule has 0 radical (unpaired) electrons. The summed E-state index contributed by atoms with van der Waals surface area (Å²) in [6, 6.07) is 8.22. The smallest absolute Gasteiger partial charge is 0.228 e. The Morgan fingerprint density at radius 1 is 1.13 bits per heavy atom. The molecule has 0 fully saturated rings. The van der Waals surface area contributed by atoms with Gasteiger partial charge in [-0.1, -0.05) is 18.1 Å². The molecule has 162 valence electrons. The van der Waals surface area contributed by atoms with Crippen molar-refractivity contribution in [2.24, 2.45) is 0 Å². The van der Waals surface area contributed by atoms with Crippen LogP contribution in [0.25, 0.3) is 16.8 Å². The van der Waals surface area contributed by atoms with Gasteiger partial charge in [-0.3, -0.25) is 0 Å². The van der Waals surface area contributed by atoms with Crippen molar-refractivity contribution >= 4 is 11.5 Å². The molecule has 1 atom stereocenters. The van der Waals surface area contributed by atoms with Crippen LogP contribution >= 0.6 is 0 Å². The molecule has 4 aromatic rings. The molecular weight excluding hydrogens is 392 g/mol. The monoisotopic (exact) mass is 420 g/mol. The van der Waals surface area contributed by atoms with E-state index in [1.807, 2.05) is 43.5 Å². The number of rotatable bonds is 7. The maximum Gasteiger partial charge on any atom is 0.228 e. The lowest BCUT2D eigenvalue weighted by molar-refractivity contribution is 0.367. The van der Waals surface area contributed by atoms with E-state index in [4.69, 9.17) is 19.3 Å². The molecule has 8 heteroatoms. The van der Waals surface area contributed by atoms with Crippen LogP contribution in [0, 0.1) is 27.7 Å². The fraction of sp³-hybridized carbons (Fsp3) is 0.391. The summed E-state index contributed by atoms with van der Waals surface area (Å²) in [5.74, 6) is 3.01. The Hall–Kier alpha value is -3.42. The lowest BCUT2D eigenvalue weighted by Crippen LogP contribution is -2.23. The second-order valence-corrected chi connectivity index (χ2v) is 7.85. The normalized spacial score (nSPS) is 12.3. The molecule has 0 aliphatic carbocycles. The van der Waals surface area contributed by atoms with Crippen molar-refractivity contribution in [3.05, 3.63) is 52.9 Å². The van der Waals surface area contributed by atoms with Gasteiger partial charge in [0.15, 0.2) is 11.5 Å².